The lowest BCUT2D eigenvalue weighted by molar-refractivity contribution is 0.0704. The van der Waals surface area contributed by atoms with Crippen LogP contribution in [-0.2, 0) is 6.54 Å². The second kappa shape index (κ2) is 7.42. The molecule has 1 aliphatic rings. The maximum atomic E-state index is 12.8. The van der Waals surface area contributed by atoms with Crippen molar-refractivity contribution in [1.29, 1.82) is 0 Å². The third-order valence-corrected chi connectivity index (χ3v) is 4.50. The van der Waals surface area contributed by atoms with Crippen molar-refractivity contribution in [3.8, 4) is 11.5 Å². The van der Waals surface area contributed by atoms with Crippen molar-refractivity contribution in [3.05, 3.63) is 69.4 Å². The molecule has 2 aromatic heterocycles. The second-order valence-electron chi connectivity index (χ2n) is 6.76. The summed E-state index contributed by atoms with van der Waals surface area (Å²) >= 11 is 0. The first-order valence-electron chi connectivity index (χ1n) is 9.00. The summed E-state index contributed by atoms with van der Waals surface area (Å²) in [6, 6.07) is 8.88. The number of amides is 1. The Morgan fingerprint density at radius 2 is 2.00 bits per heavy atom. The average Bonchev–Trinajstić information content (AvgIpc) is 3.11. The molecule has 3 aromatic rings. The molecule has 0 fully saturated rings. The van der Waals surface area contributed by atoms with E-state index in [1.54, 1.807) is 39.1 Å². The zero-order chi connectivity index (χ0) is 20.5. The van der Waals surface area contributed by atoms with E-state index in [0.717, 1.165) is 0 Å². The van der Waals surface area contributed by atoms with E-state index < -0.39 is 17.6 Å². The van der Waals surface area contributed by atoms with Crippen molar-refractivity contribution < 1.29 is 23.2 Å². The van der Waals surface area contributed by atoms with Gasteiger partial charge in [-0.05, 0) is 37.6 Å². The van der Waals surface area contributed by atoms with Crippen molar-refractivity contribution in [2.45, 2.75) is 26.5 Å². The second-order valence-corrected chi connectivity index (χ2v) is 6.76. The summed E-state index contributed by atoms with van der Waals surface area (Å²) in [5, 5.41) is 3.69. The average molecular weight is 397 g/mol. The molecule has 9 heteroatoms. The van der Waals surface area contributed by atoms with Crippen LogP contribution in [0.3, 0.4) is 0 Å². The van der Waals surface area contributed by atoms with Crippen LogP contribution in [0.25, 0.3) is 0 Å². The normalized spacial score (nSPS) is 15.2. The molecule has 0 saturated heterocycles. The summed E-state index contributed by atoms with van der Waals surface area (Å²) in [6.07, 6.45) is -0.584. The first-order valence-corrected chi connectivity index (χ1v) is 9.00. The molecule has 0 bridgehead atoms. The molecule has 1 atom stereocenters. The van der Waals surface area contributed by atoms with Gasteiger partial charge in [0.25, 0.3) is 5.91 Å². The van der Waals surface area contributed by atoms with Gasteiger partial charge in [0.05, 0.1) is 6.54 Å². The van der Waals surface area contributed by atoms with Crippen LogP contribution in [0.1, 0.15) is 39.5 Å². The maximum absolute atomic E-state index is 12.8. The van der Waals surface area contributed by atoms with Crippen molar-refractivity contribution in [1.82, 2.24) is 15.0 Å². The topological polar surface area (TPSA) is 108 Å². The number of carbonyl (C=O) groups excluding carboxylic acids is 1. The van der Waals surface area contributed by atoms with E-state index in [1.165, 1.54) is 4.90 Å². The Hall–Kier alpha value is -3.62. The van der Waals surface area contributed by atoms with Gasteiger partial charge in [-0.15, -0.1) is 0 Å². The zero-order valence-electron chi connectivity index (χ0n) is 16.2. The summed E-state index contributed by atoms with van der Waals surface area (Å²) in [6.45, 7) is 3.64. The van der Waals surface area contributed by atoms with Gasteiger partial charge in [0.2, 0.25) is 5.89 Å². The number of benzene rings is 1. The highest BCUT2D eigenvalue weighted by molar-refractivity contribution is 5.94. The van der Waals surface area contributed by atoms with Gasteiger partial charge in [0.1, 0.15) is 12.2 Å². The molecule has 1 unspecified atom stereocenters. The zero-order valence-corrected chi connectivity index (χ0v) is 16.2. The van der Waals surface area contributed by atoms with Crippen LogP contribution in [-0.4, -0.2) is 34.6 Å². The third-order valence-electron chi connectivity index (χ3n) is 4.50. The van der Waals surface area contributed by atoms with Crippen LogP contribution in [0.5, 0.6) is 11.5 Å². The first-order chi connectivity index (χ1) is 13.9. The molecule has 1 aliphatic heterocycles. The molecule has 0 N–H and O–H groups in total. The summed E-state index contributed by atoms with van der Waals surface area (Å²) < 4.78 is 22.0. The fourth-order valence-corrected chi connectivity index (χ4v) is 3.08. The molecule has 1 amide bonds. The molecule has 0 saturated carbocycles. The number of nitrogens with zero attached hydrogens (tertiary/aromatic N) is 3. The van der Waals surface area contributed by atoms with E-state index >= 15 is 0 Å². The smallest absolute Gasteiger partial charge is 0.349 e. The molecule has 29 heavy (non-hydrogen) atoms. The van der Waals surface area contributed by atoms with E-state index in [0.29, 0.717) is 28.6 Å². The van der Waals surface area contributed by atoms with E-state index in [2.05, 4.69) is 10.1 Å². The quantitative estimate of drug-likeness (QED) is 0.660. The van der Waals surface area contributed by atoms with E-state index in [-0.39, 0.29) is 24.6 Å². The Morgan fingerprint density at radius 3 is 2.69 bits per heavy atom. The number of para-hydroxylation sites is 2. The molecule has 150 valence electrons. The van der Waals surface area contributed by atoms with Gasteiger partial charge < -0.3 is 23.3 Å². The Balaban J connectivity index is 1.56. The van der Waals surface area contributed by atoms with Crippen molar-refractivity contribution >= 4 is 5.91 Å². The number of carbonyl (C=O) groups is 1. The first kappa shape index (κ1) is 18.7. The van der Waals surface area contributed by atoms with Gasteiger partial charge in [-0.3, -0.25) is 4.79 Å². The molecule has 4 rings (SSSR count). The van der Waals surface area contributed by atoms with Crippen molar-refractivity contribution in [2.24, 2.45) is 0 Å². The fraction of sp³-hybridized carbons (Fsp3) is 0.300. The fourth-order valence-electron chi connectivity index (χ4n) is 3.08. The van der Waals surface area contributed by atoms with Crippen LogP contribution in [0.15, 0.2) is 44.1 Å². The van der Waals surface area contributed by atoms with Crippen molar-refractivity contribution in [2.75, 3.05) is 13.7 Å². The third kappa shape index (κ3) is 3.71. The highest BCUT2D eigenvalue weighted by atomic mass is 16.6. The lowest BCUT2D eigenvalue weighted by atomic mass is 10.1. The van der Waals surface area contributed by atoms with Crippen LogP contribution in [0, 0.1) is 13.8 Å². The minimum absolute atomic E-state index is 0.0513. The van der Waals surface area contributed by atoms with Gasteiger partial charge in [-0.25, -0.2) is 4.79 Å². The van der Waals surface area contributed by atoms with Gasteiger partial charge in [-0.1, -0.05) is 17.3 Å². The maximum Gasteiger partial charge on any atom is 0.349 e. The summed E-state index contributed by atoms with van der Waals surface area (Å²) in [4.78, 5) is 30.7. The van der Waals surface area contributed by atoms with Gasteiger partial charge in [-0.2, -0.15) is 4.98 Å². The van der Waals surface area contributed by atoms with Crippen LogP contribution >= 0.6 is 0 Å². The van der Waals surface area contributed by atoms with Crippen LogP contribution < -0.4 is 15.1 Å². The molecule has 0 aliphatic carbocycles. The molecule has 0 radical (unpaired) electrons. The molecular formula is C20H19N3O6. The predicted molar refractivity (Wildman–Crippen MR) is 99.9 cm³/mol. The predicted octanol–water partition coefficient (Wildman–Crippen LogP) is 2.42. The Labute approximate surface area is 165 Å². The number of aryl methyl sites for hydroxylation is 2. The van der Waals surface area contributed by atoms with Gasteiger partial charge in [0, 0.05) is 7.05 Å². The van der Waals surface area contributed by atoms with Crippen molar-refractivity contribution in [3.63, 3.8) is 0 Å². The Bertz CT molecular complexity index is 1120. The number of fused-ring (bicyclic) bond motifs is 1. The van der Waals surface area contributed by atoms with Crippen LogP contribution in [0.2, 0.25) is 0 Å². The number of rotatable bonds is 4. The summed E-state index contributed by atoms with van der Waals surface area (Å²) in [5.41, 5.74) is -0.303. The largest absolute Gasteiger partial charge is 0.485 e. The number of hydrogen-bond acceptors (Lipinski definition) is 8. The molecule has 9 nitrogen and oxygen atoms in total. The standard InChI is InChI=1S/C20H19N3O6/c1-11-8-15(16-10-26-13-6-4-5-7-14(13)27-16)28-20(25)18(11)19(24)23(3)9-17-21-12(2)22-29-17/h4-8,16H,9-10H2,1-3H3. The highest BCUT2D eigenvalue weighted by Gasteiger charge is 2.28. The Morgan fingerprint density at radius 1 is 1.24 bits per heavy atom. The van der Waals surface area contributed by atoms with Gasteiger partial charge in [0.15, 0.2) is 29.2 Å². The van der Waals surface area contributed by atoms with E-state index in [9.17, 15) is 9.59 Å². The van der Waals surface area contributed by atoms with Gasteiger partial charge >= 0.3 is 5.63 Å². The SMILES string of the molecule is Cc1noc(CN(C)C(=O)c2c(C)cc(C3COc4ccccc4O3)oc2=O)n1. The van der Waals surface area contributed by atoms with E-state index in [4.69, 9.17) is 18.4 Å². The van der Waals surface area contributed by atoms with E-state index in [1.807, 2.05) is 12.1 Å². The summed E-state index contributed by atoms with van der Waals surface area (Å²) in [7, 11) is 1.55. The lowest BCUT2D eigenvalue weighted by Gasteiger charge is -2.26. The number of aromatic nitrogens is 2. The Kier molecular flexibility index (Phi) is 4.79. The number of ether oxygens (including phenoxy) is 2. The minimum atomic E-state index is -0.735. The highest BCUT2D eigenvalue weighted by Crippen LogP contribution is 2.35. The molecule has 0 spiro atoms. The molecular weight excluding hydrogens is 378 g/mol. The number of hydrogen-bond donors (Lipinski definition) is 0. The monoisotopic (exact) mass is 397 g/mol. The lowest BCUT2D eigenvalue weighted by Crippen LogP contribution is -2.32. The molecule has 3 heterocycles. The minimum Gasteiger partial charge on any atom is -0.485 e. The van der Waals surface area contributed by atoms with Crippen LogP contribution in [0.4, 0.5) is 0 Å². The molecule has 1 aromatic carbocycles. The summed E-state index contributed by atoms with van der Waals surface area (Å²) in [5.74, 6) is 1.76.